The van der Waals surface area contributed by atoms with Gasteiger partial charge in [0.1, 0.15) is 0 Å². The molecule has 0 fully saturated rings. The number of hydrogen-bond donors (Lipinski definition) is 3. The van der Waals surface area contributed by atoms with Gasteiger partial charge in [0.25, 0.3) is 5.91 Å². The van der Waals surface area contributed by atoms with Crippen LogP contribution in [0.5, 0.6) is 0 Å². The molecule has 0 unspecified atom stereocenters. The molecular weight excluding hydrogens is 385 g/mol. The SMILES string of the molecule is CC(C)(C)c1ccc(C(=O)NCCC(=O)Nc2cc(Cl)c(N)c(Cl)c2)cc1. The summed E-state index contributed by atoms with van der Waals surface area (Å²) in [6.07, 6.45) is 0.116. The molecule has 0 bridgehead atoms. The molecular formula is C20H23Cl2N3O2. The largest absolute Gasteiger partial charge is 0.396 e. The van der Waals surface area contributed by atoms with Crippen LogP contribution in [-0.2, 0) is 10.2 Å². The molecule has 0 saturated heterocycles. The number of nitrogen functional groups attached to an aromatic ring is 1. The maximum Gasteiger partial charge on any atom is 0.251 e. The molecule has 144 valence electrons. The van der Waals surface area contributed by atoms with Gasteiger partial charge in [0, 0.05) is 24.2 Å². The number of benzene rings is 2. The highest BCUT2D eigenvalue weighted by Crippen LogP contribution is 2.31. The molecule has 0 spiro atoms. The number of carbonyl (C=O) groups excluding carboxylic acids is 2. The van der Waals surface area contributed by atoms with Crippen LogP contribution in [0.4, 0.5) is 11.4 Å². The fourth-order valence-electron chi connectivity index (χ4n) is 2.39. The molecule has 0 radical (unpaired) electrons. The summed E-state index contributed by atoms with van der Waals surface area (Å²) in [6, 6.07) is 10.5. The number of carbonyl (C=O) groups is 2. The van der Waals surface area contributed by atoms with E-state index in [1.54, 1.807) is 12.1 Å². The van der Waals surface area contributed by atoms with Crippen LogP contribution < -0.4 is 16.4 Å². The van der Waals surface area contributed by atoms with Crippen LogP contribution in [0.15, 0.2) is 36.4 Å². The minimum Gasteiger partial charge on any atom is -0.396 e. The van der Waals surface area contributed by atoms with Crippen molar-refractivity contribution in [3.63, 3.8) is 0 Å². The molecule has 0 aliphatic carbocycles. The van der Waals surface area contributed by atoms with E-state index in [1.165, 1.54) is 12.1 Å². The molecule has 0 aromatic heterocycles. The minimum absolute atomic E-state index is 0.0288. The standard InChI is InChI=1S/C20H23Cl2N3O2/c1-20(2,3)13-6-4-12(5-7-13)19(27)24-9-8-17(26)25-14-10-15(21)18(23)16(22)11-14/h4-7,10-11H,8-9,23H2,1-3H3,(H,24,27)(H,25,26). The van der Waals surface area contributed by atoms with Crippen LogP contribution in [0.3, 0.4) is 0 Å². The average Bonchev–Trinajstić information content (AvgIpc) is 2.58. The molecule has 0 heterocycles. The Labute approximate surface area is 169 Å². The molecule has 2 rings (SSSR count). The lowest BCUT2D eigenvalue weighted by molar-refractivity contribution is -0.116. The van der Waals surface area contributed by atoms with Gasteiger partial charge in [-0.2, -0.15) is 0 Å². The fraction of sp³-hybridized carbons (Fsp3) is 0.300. The van der Waals surface area contributed by atoms with Gasteiger partial charge in [-0.3, -0.25) is 9.59 Å². The van der Waals surface area contributed by atoms with Gasteiger partial charge in [0.05, 0.1) is 15.7 Å². The summed E-state index contributed by atoms with van der Waals surface area (Å²) in [5.74, 6) is -0.489. The zero-order valence-electron chi connectivity index (χ0n) is 15.5. The van der Waals surface area contributed by atoms with E-state index in [0.29, 0.717) is 11.3 Å². The quantitative estimate of drug-likeness (QED) is 0.631. The van der Waals surface area contributed by atoms with Crippen LogP contribution in [0.1, 0.15) is 43.1 Å². The second-order valence-corrected chi connectivity index (χ2v) is 8.05. The van der Waals surface area contributed by atoms with E-state index in [2.05, 4.69) is 31.4 Å². The highest BCUT2D eigenvalue weighted by atomic mass is 35.5. The normalized spacial score (nSPS) is 11.1. The number of hydrogen-bond acceptors (Lipinski definition) is 3. The summed E-state index contributed by atoms with van der Waals surface area (Å²) < 4.78 is 0. The van der Waals surface area contributed by atoms with Gasteiger partial charge in [-0.25, -0.2) is 0 Å². The maximum atomic E-state index is 12.2. The average molecular weight is 408 g/mol. The van der Waals surface area contributed by atoms with Crippen LogP contribution in [0.2, 0.25) is 10.0 Å². The van der Waals surface area contributed by atoms with Crippen molar-refractivity contribution in [2.75, 3.05) is 17.6 Å². The maximum absolute atomic E-state index is 12.2. The first-order chi connectivity index (χ1) is 12.6. The van der Waals surface area contributed by atoms with Gasteiger partial charge in [-0.15, -0.1) is 0 Å². The van der Waals surface area contributed by atoms with Gasteiger partial charge in [0.2, 0.25) is 5.91 Å². The summed E-state index contributed by atoms with van der Waals surface area (Å²) in [5, 5.41) is 5.94. The van der Waals surface area contributed by atoms with Crippen molar-refractivity contribution in [3.05, 3.63) is 57.6 Å². The summed E-state index contributed by atoms with van der Waals surface area (Å²) in [5.41, 5.74) is 8.11. The number of amides is 2. The van der Waals surface area contributed by atoms with Crippen molar-refractivity contribution >= 4 is 46.4 Å². The number of nitrogens with one attached hydrogen (secondary N) is 2. The summed E-state index contributed by atoms with van der Waals surface area (Å²) in [7, 11) is 0. The minimum atomic E-state index is -0.268. The van der Waals surface area contributed by atoms with Crippen molar-refractivity contribution in [3.8, 4) is 0 Å². The third-order valence-corrected chi connectivity index (χ3v) is 4.64. The van der Waals surface area contributed by atoms with Crippen LogP contribution in [0.25, 0.3) is 0 Å². The first-order valence-corrected chi connectivity index (χ1v) is 9.26. The van der Waals surface area contributed by atoms with E-state index in [1.807, 2.05) is 12.1 Å². The lowest BCUT2D eigenvalue weighted by Crippen LogP contribution is -2.27. The lowest BCUT2D eigenvalue weighted by Gasteiger charge is -2.19. The lowest BCUT2D eigenvalue weighted by atomic mass is 9.87. The molecule has 2 aromatic rings. The fourth-order valence-corrected chi connectivity index (χ4v) is 2.88. The Kier molecular flexibility index (Phi) is 6.73. The van der Waals surface area contributed by atoms with Crippen LogP contribution >= 0.6 is 23.2 Å². The zero-order chi connectivity index (χ0) is 20.2. The summed E-state index contributed by atoms with van der Waals surface area (Å²) >= 11 is 11.9. The van der Waals surface area contributed by atoms with Crippen LogP contribution in [-0.4, -0.2) is 18.4 Å². The molecule has 2 aromatic carbocycles. The van der Waals surface area contributed by atoms with Gasteiger partial charge < -0.3 is 16.4 Å². The highest BCUT2D eigenvalue weighted by molar-refractivity contribution is 6.39. The Morgan fingerprint density at radius 1 is 1.04 bits per heavy atom. The van der Waals surface area contributed by atoms with Gasteiger partial charge >= 0.3 is 0 Å². The Balaban J connectivity index is 1.85. The number of halogens is 2. The van der Waals surface area contributed by atoms with Gasteiger partial charge in [-0.05, 0) is 35.2 Å². The van der Waals surface area contributed by atoms with Gasteiger partial charge in [0.15, 0.2) is 0 Å². The van der Waals surface area contributed by atoms with Crippen molar-refractivity contribution < 1.29 is 9.59 Å². The molecule has 0 aliphatic heterocycles. The smallest absolute Gasteiger partial charge is 0.251 e. The van der Waals surface area contributed by atoms with E-state index in [4.69, 9.17) is 28.9 Å². The molecule has 0 saturated carbocycles. The van der Waals surface area contributed by atoms with Crippen molar-refractivity contribution in [1.29, 1.82) is 0 Å². The van der Waals surface area contributed by atoms with Crippen molar-refractivity contribution in [2.45, 2.75) is 32.6 Å². The third-order valence-electron chi connectivity index (χ3n) is 4.01. The van der Waals surface area contributed by atoms with Gasteiger partial charge in [-0.1, -0.05) is 56.1 Å². The number of nitrogens with two attached hydrogens (primary N) is 1. The molecule has 0 atom stereocenters. The molecule has 2 amide bonds. The number of anilines is 2. The van der Waals surface area contributed by atoms with E-state index in [0.717, 1.165) is 5.56 Å². The monoisotopic (exact) mass is 407 g/mol. The highest BCUT2D eigenvalue weighted by Gasteiger charge is 2.14. The summed E-state index contributed by atoms with van der Waals surface area (Å²) in [4.78, 5) is 24.2. The molecule has 27 heavy (non-hydrogen) atoms. The van der Waals surface area contributed by atoms with Crippen LogP contribution in [0, 0.1) is 0 Å². The Morgan fingerprint density at radius 2 is 1.59 bits per heavy atom. The first-order valence-electron chi connectivity index (χ1n) is 8.51. The Morgan fingerprint density at radius 3 is 2.11 bits per heavy atom. The predicted molar refractivity (Wildman–Crippen MR) is 112 cm³/mol. The third kappa shape index (κ3) is 5.88. The van der Waals surface area contributed by atoms with Crippen molar-refractivity contribution in [2.24, 2.45) is 0 Å². The molecule has 4 N–H and O–H groups in total. The van der Waals surface area contributed by atoms with E-state index >= 15 is 0 Å². The number of rotatable bonds is 5. The Hall–Kier alpha value is -2.24. The van der Waals surface area contributed by atoms with E-state index in [-0.39, 0.29) is 45.9 Å². The van der Waals surface area contributed by atoms with Crippen molar-refractivity contribution in [1.82, 2.24) is 5.32 Å². The second-order valence-electron chi connectivity index (χ2n) is 7.23. The Bertz CT molecular complexity index is 820. The van der Waals surface area contributed by atoms with E-state index in [9.17, 15) is 9.59 Å². The second kappa shape index (κ2) is 8.63. The zero-order valence-corrected chi connectivity index (χ0v) is 17.0. The molecule has 7 heteroatoms. The summed E-state index contributed by atoms with van der Waals surface area (Å²) in [6.45, 7) is 6.55. The molecule has 5 nitrogen and oxygen atoms in total. The molecule has 0 aliphatic rings. The van der Waals surface area contributed by atoms with E-state index < -0.39 is 0 Å². The first kappa shape index (κ1) is 21.1. The predicted octanol–water partition coefficient (Wildman–Crippen LogP) is 4.63. The topological polar surface area (TPSA) is 84.2 Å².